The highest BCUT2D eigenvalue weighted by Crippen LogP contribution is 2.43. The molecule has 0 aliphatic carbocycles. The first-order valence-electron chi connectivity index (χ1n) is 10.7. The second-order valence-corrected chi connectivity index (χ2v) is 8.39. The van der Waals surface area contributed by atoms with Crippen LogP contribution in [0.3, 0.4) is 0 Å². The van der Waals surface area contributed by atoms with Gasteiger partial charge in [-0.2, -0.15) is 0 Å². The van der Waals surface area contributed by atoms with Crippen molar-refractivity contribution in [2.75, 3.05) is 12.0 Å². The molecule has 168 valence electrons. The molecule has 0 radical (unpaired) electrons. The van der Waals surface area contributed by atoms with Crippen molar-refractivity contribution in [2.45, 2.75) is 33.7 Å². The van der Waals surface area contributed by atoms with E-state index in [1.807, 2.05) is 52.0 Å². The number of anilines is 1. The Hall–Kier alpha value is -3.93. The Morgan fingerprint density at radius 3 is 2.39 bits per heavy atom. The number of pyridine rings is 1. The standard InChI is InChI=1S/C27H26N2O4/c1-15-11-18(4)26(33-5)21(12-15)24(30)22-23(19-7-6-10-28-14-19)29(27(32)25(22)31)20-9-8-16(2)17(3)13-20/h6-14,23,30H,1-5H3/b24-22+. The summed E-state index contributed by atoms with van der Waals surface area (Å²) in [7, 11) is 1.51. The molecule has 0 bridgehead atoms. The number of rotatable bonds is 4. The number of ether oxygens (including phenoxy) is 1. The van der Waals surface area contributed by atoms with E-state index >= 15 is 0 Å². The molecule has 33 heavy (non-hydrogen) atoms. The Morgan fingerprint density at radius 2 is 1.76 bits per heavy atom. The number of amides is 1. The molecule has 1 N–H and O–H groups in total. The van der Waals surface area contributed by atoms with Crippen molar-refractivity contribution in [1.82, 2.24) is 4.98 Å². The van der Waals surface area contributed by atoms with Gasteiger partial charge in [-0.25, -0.2) is 0 Å². The number of hydrogen-bond acceptors (Lipinski definition) is 5. The zero-order valence-electron chi connectivity index (χ0n) is 19.3. The number of Topliss-reactive ketones (excluding diaryl/α,β-unsaturated/α-hetero) is 1. The molecule has 1 aliphatic rings. The van der Waals surface area contributed by atoms with Crippen LogP contribution in [0.1, 0.15) is 39.4 Å². The fourth-order valence-corrected chi connectivity index (χ4v) is 4.37. The van der Waals surface area contributed by atoms with Crippen molar-refractivity contribution in [3.05, 3.63) is 93.8 Å². The molecule has 1 fully saturated rings. The summed E-state index contributed by atoms with van der Waals surface area (Å²) in [5.74, 6) is -1.25. The van der Waals surface area contributed by atoms with E-state index in [2.05, 4.69) is 4.98 Å². The summed E-state index contributed by atoms with van der Waals surface area (Å²) < 4.78 is 5.54. The third-order valence-corrected chi connectivity index (χ3v) is 6.09. The summed E-state index contributed by atoms with van der Waals surface area (Å²) in [5.41, 5.74) is 5.39. The van der Waals surface area contributed by atoms with Gasteiger partial charge in [0.2, 0.25) is 0 Å². The van der Waals surface area contributed by atoms with Gasteiger partial charge in [0, 0.05) is 18.1 Å². The zero-order valence-corrected chi connectivity index (χ0v) is 19.3. The third kappa shape index (κ3) is 3.78. The van der Waals surface area contributed by atoms with E-state index in [-0.39, 0.29) is 11.3 Å². The molecule has 2 heterocycles. The van der Waals surface area contributed by atoms with Gasteiger partial charge in [0.25, 0.3) is 11.7 Å². The van der Waals surface area contributed by atoms with Crippen LogP contribution in [0.5, 0.6) is 5.75 Å². The van der Waals surface area contributed by atoms with Gasteiger partial charge in [-0.15, -0.1) is 0 Å². The first-order chi connectivity index (χ1) is 15.7. The Labute approximate surface area is 193 Å². The van der Waals surface area contributed by atoms with Crippen LogP contribution in [0, 0.1) is 27.7 Å². The molecule has 1 aromatic heterocycles. The summed E-state index contributed by atoms with van der Waals surface area (Å²) in [5, 5.41) is 11.4. The monoisotopic (exact) mass is 442 g/mol. The van der Waals surface area contributed by atoms with Gasteiger partial charge in [-0.3, -0.25) is 19.5 Å². The number of aromatic nitrogens is 1. The van der Waals surface area contributed by atoms with E-state index in [9.17, 15) is 14.7 Å². The minimum absolute atomic E-state index is 0.00882. The van der Waals surface area contributed by atoms with Crippen molar-refractivity contribution in [1.29, 1.82) is 0 Å². The molecule has 1 saturated heterocycles. The second kappa shape index (κ2) is 8.54. The Balaban J connectivity index is 2.00. The third-order valence-electron chi connectivity index (χ3n) is 6.09. The van der Waals surface area contributed by atoms with Crippen molar-refractivity contribution < 1.29 is 19.4 Å². The van der Waals surface area contributed by atoms with E-state index in [0.717, 1.165) is 22.3 Å². The largest absolute Gasteiger partial charge is 0.507 e. The summed E-state index contributed by atoms with van der Waals surface area (Å²) >= 11 is 0. The van der Waals surface area contributed by atoms with Gasteiger partial charge in [-0.1, -0.05) is 18.2 Å². The van der Waals surface area contributed by atoms with Gasteiger partial charge in [-0.05, 0) is 79.8 Å². The quantitative estimate of drug-likeness (QED) is 0.351. The molecule has 0 spiro atoms. The predicted molar refractivity (Wildman–Crippen MR) is 127 cm³/mol. The number of ketones is 1. The van der Waals surface area contributed by atoms with E-state index < -0.39 is 17.7 Å². The summed E-state index contributed by atoms with van der Waals surface area (Å²) in [6.45, 7) is 7.71. The van der Waals surface area contributed by atoms with Crippen LogP contribution in [-0.2, 0) is 9.59 Å². The number of carbonyl (C=O) groups excluding carboxylic acids is 2. The number of methoxy groups -OCH3 is 1. The molecule has 1 atom stereocenters. The average Bonchev–Trinajstić information content (AvgIpc) is 3.06. The summed E-state index contributed by atoms with van der Waals surface area (Å²) in [6, 6.07) is 12.0. The van der Waals surface area contributed by atoms with Crippen molar-refractivity contribution in [2.24, 2.45) is 0 Å². The lowest BCUT2D eigenvalue weighted by molar-refractivity contribution is -0.132. The van der Waals surface area contributed by atoms with Crippen LogP contribution in [0.25, 0.3) is 5.76 Å². The van der Waals surface area contributed by atoms with Crippen LogP contribution in [0.15, 0.2) is 60.4 Å². The number of aliphatic hydroxyl groups is 1. The highest BCUT2D eigenvalue weighted by atomic mass is 16.5. The fourth-order valence-electron chi connectivity index (χ4n) is 4.37. The van der Waals surface area contributed by atoms with Gasteiger partial charge in [0.05, 0.1) is 24.3 Å². The molecular formula is C27H26N2O4. The summed E-state index contributed by atoms with van der Waals surface area (Å²) in [6.07, 6.45) is 3.23. The highest BCUT2D eigenvalue weighted by molar-refractivity contribution is 6.51. The molecule has 3 aromatic rings. The molecular weight excluding hydrogens is 416 g/mol. The topological polar surface area (TPSA) is 79.7 Å². The minimum atomic E-state index is -0.827. The molecule has 1 aliphatic heterocycles. The van der Waals surface area contributed by atoms with Crippen molar-refractivity contribution >= 4 is 23.1 Å². The predicted octanol–water partition coefficient (Wildman–Crippen LogP) is 4.95. The Morgan fingerprint density at radius 1 is 1.00 bits per heavy atom. The Bertz CT molecular complexity index is 1290. The molecule has 1 amide bonds. The molecule has 6 heteroatoms. The number of benzene rings is 2. The maximum Gasteiger partial charge on any atom is 0.300 e. The van der Waals surface area contributed by atoms with Crippen LogP contribution in [0.2, 0.25) is 0 Å². The number of carbonyl (C=O) groups is 2. The number of nitrogens with zero attached hydrogens (tertiary/aromatic N) is 2. The lowest BCUT2D eigenvalue weighted by atomic mass is 9.94. The SMILES string of the molecule is COc1c(C)cc(C)cc1/C(O)=C1\C(=O)C(=O)N(c2ccc(C)c(C)c2)C1c1cccnc1. The number of aliphatic hydroxyl groups excluding tert-OH is 1. The maximum absolute atomic E-state index is 13.3. The van der Waals surface area contributed by atoms with Crippen molar-refractivity contribution in [3.63, 3.8) is 0 Å². The van der Waals surface area contributed by atoms with Gasteiger partial charge in [0.1, 0.15) is 11.5 Å². The van der Waals surface area contributed by atoms with Crippen LogP contribution in [-0.4, -0.2) is 28.9 Å². The number of hydrogen-bond donors (Lipinski definition) is 1. The fraction of sp³-hybridized carbons (Fsp3) is 0.222. The second-order valence-electron chi connectivity index (χ2n) is 8.39. The van der Waals surface area contributed by atoms with Crippen LogP contribution < -0.4 is 9.64 Å². The van der Waals surface area contributed by atoms with E-state index in [4.69, 9.17) is 4.74 Å². The first-order valence-corrected chi connectivity index (χ1v) is 10.7. The normalized spacial score (nSPS) is 17.5. The average molecular weight is 443 g/mol. The maximum atomic E-state index is 13.3. The molecule has 6 nitrogen and oxygen atoms in total. The smallest absolute Gasteiger partial charge is 0.300 e. The van der Waals surface area contributed by atoms with Gasteiger partial charge in [0.15, 0.2) is 0 Å². The highest BCUT2D eigenvalue weighted by Gasteiger charge is 2.47. The Kier molecular flexibility index (Phi) is 5.77. The van der Waals surface area contributed by atoms with Crippen molar-refractivity contribution in [3.8, 4) is 5.75 Å². The lowest BCUT2D eigenvalue weighted by Crippen LogP contribution is -2.29. The molecule has 1 unspecified atom stereocenters. The van der Waals surface area contributed by atoms with E-state index in [1.54, 1.807) is 30.6 Å². The summed E-state index contributed by atoms with van der Waals surface area (Å²) in [4.78, 5) is 32.3. The molecule has 0 saturated carbocycles. The first kappa shape index (κ1) is 22.3. The van der Waals surface area contributed by atoms with Gasteiger partial charge < -0.3 is 9.84 Å². The van der Waals surface area contributed by atoms with Crippen LogP contribution in [0.4, 0.5) is 5.69 Å². The van der Waals surface area contributed by atoms with Crippen LogP contribution >= 0.6 is 0 Å². The van der Waals surface area contributed by atoms with E-state index in [0.29, 0.717) is 22.6 Å². The minimum Gasteiger partial charge on any atom is -0.507 e. The molecule has 2 aromatic carbocycles. The number of aryl methyl sites for hydroxylation is 4. The lowest BCUT2D eigenvalue weighted by Gasteiger charge is -2.26. The molecule has 4 rings (SSSR count). The van der Waals surface area contributed by atoms with E-state index in [1.165, 1.54) is 12.0 Å². The zero-order chi connectivity index (χ0) is 23.9. The van der Waals surface area contributed by atoms with Gasteiger partial charge >= 0.3 is 0 Å².